The zero-order valence-electron chi connectivity index (χ0n) is 15.4. The summed E-state index contributed by atoms with van der Waals surface area (Å²) in [7, 11) is 0. The fraction of sp³-hybridized carbons (Fsp3) is 0.333. The van der Waals surface area contributed by atoms with Crippen molar-refractivity contribution in [2.75, 3.05) is 6.61 Å². The van der Waals surface area contributed by atoms with E-state index in [1.54, 1.807) is 12.1 Å². The molecule has 0 spiro atoms. The number of amides is 1. The van der Waals surface area contributed by atoms with Gasteiger partial charge in [-0.05, 0) is 42.5 Å². The minimum absolute atomic E-state index is 0.0362. The van der Waals surface area contributed by atoms with Crippen LogP contribution < -0.4 is 5.32 Å². The van der Waals surface area contributed by atoms with Crippen LogP contribution in [0, 0.1) is 5.92 Å². The lowest BCUT2D eigenvalue weighted by Gasteiger charge is -2.15. The topological polar surface area (TPSA) is 75.6 Å². The van der Waals surface area contributed by atoms with Gasteiger partial charge in [0.05, 0.1) is 6.04 Å². The number of carbonyl (C=O) groups excluding carboxylic acids is 2. The highest BCUT2D eigenvalue weighted by Crippen LogP contribution is 2.17. The van der Waals surface area contributed by atoms with Gasteiger partial charge in [-0.25, -0.2) is 4.79 Å². The molecule has 0 unspecified atom stereocenters. The molecule has 0 bridgehead atoms. The Morgan fingerprint density at radius 3 is 2.31 bits per heavy atom. The summed E-state index contributed by atoms with van der Waals surface area (Å²) >= 11 is 0. The zero-order valence-corrected chi connectivity index (χ0v) is 15.4. The van der Waals surface area contributed by atoms with Crippen LogP contribution in [-0.2, 0) is 16.0 Å². The lowest BCUT2D eigenvalue weighted by Crippen LogP contribution is -2.31. The molecule has 0 saturated carbocycles. The van der Waals surface area contributed by atoms with Crippen molar-refractivity contribution in [1.29, 1.82) is 0 Å². The van der Waals surface area contributed by atoms with Crippen LogP contribution in [0.25, 0.3) is 0 Å². The molecule has 0 saturated heterocycles. The largest absolute Gasteiger partial charge is 0.507 e. The number of hydrogen-bond acceptors (Lipinski definition) is 4. The molecule has 0 aliphatic rings. The Balaban J connectivity index is 1.85. The lowest BCUT2D eigenvalue weighted by molar-refractivity contribution is -0.124. The van der Waals surface area contributed by atoms with Gasteiger partial charge in [0.2, 0.25) is 0 Å². The SMILES string of the molecule is CC(C)Cc1ccc([C@@H](C)NC(=O)COC(=O)c2ccccc2O)cc1. The van der Waals surface area contributed by atoms with Crippen molar-refractivity contribution in [3.05, 3.63) is 65.2 Å². The Kier molecular flexibility index (Phi) is 6.78. The maximum absolute atomic E-state index is 12.0. The van der Waals surface area contributed by atoms with Crippen molar-refractivity contribution in [2.24, 2.45) is 5.92 Å². The van der Waals surface area contributed by atoms with E-state index in [0.29, 0.717) is 5.92 Å². The number of esters is 1. The first kappa shape index (κ1) is 19.5. The monoisotopic (exact) mass is 355 g/mol. The van der Waals surface area contributed by atoms with Crippen LogP contribution in [0.3, 0.4) is 0 Å². The normalized spacial score (nSPS) is 11.8. The number of nitrogens with one attached hydrogen (secondary N) is 1. The number of carbonyl (C=O) groups is 2. The van der Waals surface area contributed by atoms with E-state index in [4.69, 9.17) is 4.74 Å². The molecule has 2 rings (SSSR count). The second-order valence-electron chi connectivity index (χ2n) is 6.72. The molecule has 5 nitrogen and oxygen atoms in total. The van der Waals surface area contributed by atoms with Gasteiger partial charge in [0, 0.05) is 0 Å². The number of benzene rings is 2. The van der Waals surface area contributed by atoms with Gasteiger partial charge in [-0.2, -0.15) is 0 Å². The molecule has 0 fully saturated rings. The zero-order chi connectivity index (χ0) is 19.1. The fourth-order valence-corrected chi connectivity index (χ4v) is 2.64. The Morgan fingerprint density at radius 1 is 1.04 bits per heavy atom. The van der Waals surface area contributed by atoms with Crippen molar-refractivity contribution >= 4 is 11.9 Å². The number of phenols is 1. The number of ether oxygens (including phenoxy) is 1. The molecule has 0 heterocycles. The van der Waals surface area contributed by atoms with Gasteiger partial charge in [0.25, 0.3) is 5.91 Å². The summed E-state index contributed by atoms with van der Waals surface area (Å²) in [6.45, 7) is 5.82. The summed E-state index contributed by atoms with van der Waals surface area (Å²) in [5.74, 6) is -0.707. The third-order valence-electron chi connectivity index (χ3n) is 3.96. The molecule has 2 aromatic carbocycles. The van der Waals surface area contributed by atoms with E-state index in [9.17, 15) is 14.7 Å². The van der Waals surface area contributed by atoms with Crippen molar-refractivity contribution in [2.45, 2.75) is 33.2 Å². The third kappa shape index (κ3) is 5.62. The van der Waals surface area contributed by atoms with Crippen LogP contribution in [0.4, 0.5) is 0 Å². The second-order valence-corrected chi connectivity index (χ2v) is 6.72. The number of rotatable bonds is 7. The van der Waals surface area contributed by atoms with Crippen molar-refractivity contribution in [1.82, 2.24) is 5.32 Å². The quantitative estimate of drug-likeness (QED) is 0.744. The first-order valence-electron chi connectivity index (χ1n) is 8.70. The van der Waals surface area contributed by atoms with Crippen LogP contribution in [0.15, 0.2) is 48.5 Å². The van der Waals surface area contributed by atoms with Crippen molar-refractivity contribution < 1.29 is 19.4 Å². The van der Waals surface area contributed by atoms with E-state index in [0.717, 1.165) is 12.0 Å². The van der Waals surface area contributed by atoms with Crippen molar-refractivity contribution in [3.63, 3.8) is 0 Å². The summed E-state index contributed by atoms with van der Waals surface area (Å²) in [5.41, 5.74) is 2.28. The van der Waals surface area contributed by atoms with Gasteiger partial charge >= 0.3 is 5.97 Å². The molecular weight excluding hydrogens is 330 g/mol. The van der Waals surface area contributed by atoms with E-state index < -0.39 is 18.5 Å². The van der Waals surface area contributed by atoms with Crippen LogP contribution in [0.2, 0.25) is 0 Å². The van der Waals surface area contributed by atoms with Gasteiger partial charge < -0.3 is 15.2 Å². The molecule has 0 aliphatic heterocycles. The fourth-order valence-electron chi connectivity index (χ4n) is 2.64. The Bertz CT molecular complexity index is 753. The molecule has 138 valence electrons. The number of aromatic hydroxyl groups is 1. The molecule has 0 aromatic heterocycles. The number of phenolic OH excluding ortho intramolecular Hbond substituents is 1. The third-order valence-corrected chi connectivity index (χ3v) is 3.96. The van der Waals surface area contributed by atoms with E-state index in [-0.39, 0.29) is 17.4 Å². The maximum Gasteiger partial charge on any atom is 0.342 e. The Hall–Kier alpha value is -2.82. The van der Waals surface area contributed by atoms with E-state index >= 15 is 0 Å². The molecular formula is C21H25NO4. The van der Waals surface area contributed by atoms with Crippen LogP contribution in [-0.4, -0.2) is 23.6 Å². The smallest absolute Gasteiger partial charge is 0.342 e. The molecule has 2 N–H and O–H groups in total. The van der Waals surface area contributed by atoms with Gasteiger partial charge in [-0.15, -0.1) is 0 Å². The predicted molar refractivity (Wildman–Crippen MR) is 99.9 cm³/mol. The molecule has 1 atom stereocenters. The lowest BCUT2D eigenvalue weighted by atomic mass is 10.00. The van der Waals surface area contributed by atoms with Gasteiger partial charge in [-0.3, -0.25) is 4.79 Å². The first-order valence-corrected chi connectivity index (χ1v) is 8.70. The van der Waals surface area contributed by atoms with Gasteiger partial charge in [-0.1, -0.05) is 50.2 Å². The van der Waals surface area contributed by atoms with Gasteiger partial charge in [0.15, 0.2) is 6.61 Å². The summed E-state index contributed by atoms with van der Waals surface area (Å²) in [4.78, 5) is 23.9. The minimum atomic E-state index is -0.732. The summed E-state index contributed by atoms with van der Waals surface area (Å²) in [6.07, 6.45) is 1.02. The van der Waals surface area contributed by atoms with Gasteiger partial charge in [0.1, 0.15) is 11.3 Å². The molecule has 5 heteroatoms. The molecule has 0 radical (unpaired) electrons. The average Bonchev–Trinajstić information content (AvgIpc) is 2.60. The summed E-state index contributed by atoms with van der Waals surface area (Å²) < 4.78 is 4.96. The highest BCUT2D eigenvalue weighted by Gasteiger charge is 2.15. The highest BCUT2D eigenvalue weighted by molar-refractivity contribution is 5.93. The molecule has 0 aliphatic carbocycles. The second kappa shape index (κ2) is 9.04. The van der Waals surface area contributed by atoms with Crippen molar-refractivity contribution in [3.8, 4) is 5.75 Å². The van der Waals surface area contributed by atoms with E-state index in [1.807, 2.05) is 19.1 Å². The van der Waals surface area contributed by atoms with E-state index in [2.05, 4.69) is 31.3 Å². The maximum atomic E-state index is 12.0. The minimum Gasteiger partial charge on any atom is -0.507 e. The van der Waals surface area contributed by atoms with E-state index in [1.165, 1.54) is 17.7 Å². The molecule has 2 aromatic rings. The van der Waals surface area contributed by atoms with Crippen LogP contribution >= 0.6 is 0 Å². The Morgan fingerprint density at radius 2 is 1.69 bits per heavy atom. The average molecular weight is 355 g/mol. The first-order chi connectivity index (χ1) is 12.4. The molecule has 1 amide bonds. The highest BCUT2D eigenvalue weighted by atomic mass is 16.5. The van der Waals surface area contributed by atoms with Crippen LogP contribution in [0.5, 0.6) is 5.75 Å². The number of hydrogen-bond donors (Lipinski definition) is 2. The van der Waals surface area contributed by atoms with Crippen LogP contribution in [0.1, 0.15) is 48.3 Å². The predicted octanol–water partition coefficient (Wildman–Crippen LogP) is 3.62. The standard InChI is InChI=1S/C21H25NO4/c1-14(2)12-16-8-10-17(11-9-16)15(3)22-20(24)13-26-21(25)18-6-4-5-7-19(18)23/h4-11,14-15,23H,12-13H2,1-3H3,(H,22,24)/t15-/m1/s1. The number of para-hydroxylation sites is 1. The molecule has 26 heavy (non-hydrogen) atoms. The summed E-state index contributed by atoms with van der Waals surface area (Å²) in [6, 6.07) is 14.0. The summed E-state index contributed by atoms with van der Waals surface area (Å²) in [5, 5.41) is 12.4. The Labute approximate surface area is 154 Å².